The number of rotatable bonds is 5. The van der Waals surface area contributed by atoms with Gasteiger partial charge in [0, 0.05) is 16.1 Å². The van der Waals surface area contributed by atoms with E-state index in [0.717, 1.165) is 5.56 Å². The van der Waals surface area contributed by atoms with E-state index in [1.54, 1.807) is 44.4 Å². The molecule has 7 nitrogen and oxygen atoms in total. The van der Waals surface area contributed by atoms with Crippen LogP contribution in [0.4, 0.5) is 5.69 Å². The molecule has 3 aromatic rings. The zero-order valence-corrected chi connectivity index (χ0v) is 17.1. The van der Waals surface area contributed by atoms with Crippen molar-refractivity contribution in [2.45, 2.75) is 26.8 Å². The number of carbonyl (C=O) groups excluding carboxylic acids is 2. The fourth-order valence-corrected chi connectivity index (χ4v) is 3.73. The van der Waals surface area contributed by atoms with E-state index >= 15 is 0 Å². The number of ether oxygens (including phenoxy) is 1. The van der Waals surface area contributed by atoms with Crippen LogP contribution in [0.25, 0.3) is 10.2 Å². The smallest absolute Gasteiger partial charge is 0.339 e. The molecule has 0 saturated heterocycles. The maximum absolute atomic E-state index is 13.0. The zero-order valence-electron chi connectivity index (χ0n) is 15.5. The van der Waals surface area contributed by atoms with Gasteiger partial charge >= 0.3 is 5.97 Å². The van der Waals surface area contributed by atoms with Gasteiger partial charge < -0.3 is 10.1 Å². The average Bonchev–Trinajstić information content (AvgIpc) is 3.10. The number of esters is 1. The molecule has 0 saturated carbocycles. The number of amides is 1. The molecule has 0 aliphatic rings. The van der Waals surface area contributed by atoms with Gasteiger partial charge in [-0.05, 0) is 38.5 Å². The van der Waals surface area contributed by atoms with E-state index in [9.17, 15) is 14.4 Å². The summed E-state index contributed by atoms with van der Waals surface area (Å²) in [4.78, 5) is 42.4. The summed E-state index contributed by atoms with van der Waals surface area (Å²) in [6.45, 7) is 5.26. The molecule has 28 heavy (non-hydrogen) atoms. The van der Waals surface area contributed by atoms with Crippen LogP contribution in [0.5, 0.6) is 0 Å². The number of nitrogens with zero attached hydrogens (tertiary/aromatic N) is 2. The highest BCUT2D eigenvalue weighted by atomic mass is 35.5. The molecule has 3 rings (SSSR count). The molecule has 2 heterocycles. The molecule has 0 aliphatic carbocycles. The largest absolute Gasteiger partial charge is 0.462 e. The molecule has 1 amide bonds. The van der Waals surface area contributed by atoms with E-state index in [1.807, 2.05) is 0 Å². The van der Waals surface area contributed by atoms with Gasteiger partial charge in [-0.2, -0.15) is 0 Å². The van der Waals surface area contributed by atoms with Crippen LogP contribution in [-0.2, 0) is 9.53 Å². The number of carbonyl (C=O) groups is 2. The Morgan fingerprint density at radius 3 is 2.86 bits per heavy atom. The molecule has 0 aliphatic heterocycles. The minimum atomic E-state index is -0.849. The number of fused-ring (bicyclic) bond motifs is 1. The summed E-state index contributed by atoms with van der Waals surface area (Å²) in [7, 11) is 0. The Morgan fingerprint density at radius 2 is 2.14 bits per heavy atom. The molecule has 0 fully saturated rings. The Labute approximate surface area is 169 Å². The number of halogens is 1. The van der Waals surface area contributed by atoms with Gasteiger partial charge in [0.1, 0.15) is 10.9 Å². The standard InChI is InChI=1S/C19H18ClN3O4S/c1-4-27-19(26)12-8-28-17-15(12)18(25)23(9-21-17)11(3)16(24)22-14-7-5-6-13(20)10(14)2/h5-9,11H,4H2,1-3H3,(H,22,24). The van der Waals surface area contributed by atoms with E-state index in [2.05, 4.69) is 10.3 Å². The van der Waals surface area contributed by atoms with Crippen molar-refractivity contribution in [2.24, 2.45) is 0 Å². The van der Waals surface area contributed by atoms with Gasteiger partial charge in [-0.1, -0.05) is 17.7 Å². The number of aromatic nitrogens is 2. The average molecular weight is 420 g/mol. The topological polar surface area (TPSA) is 90.3 Å². The van der Waals surface area contributed by atoms with Gasteiger partial charge in [0.25, 0.3) is 5.56 Å². The van der Waals surface area contributed by atoms with Crippen molar-refractivity contribution in [1.29, 1.82) is 0 Å². The molecule has 1 aromatic carbocycles. The first-order chi connectivity index (χ1) is 13.3. The SMILES string of the molecule is CCOC(=O)c1csc2ncn(C(C)C(=O)Nc3cccc(Cl)c3C)c(=O)c12. The summed E-state index contributed by atoms with van der Waals surface area (Å²) in [5, 5.41) is 5.01. The Kier molecular flexibility index (Phi) is 5.81. The molecule has 2 aromatic heterocycles. The van der Waals surface area contributed by atoms with Gasteiger partial charge in [-0.3, -0.25) is 14.2 Å². The number of hydrogen-bond acceptors (Lipinski definition) is 6. The summed E-state index contributed by atoms with van der Waals surface area (Å²) in [5.41, 5.74) is 0.981. The molecule has 0 bridgehead atoms. The molecule has 0 radical (unpaired) electrons. The Morgan fingerprint density at radius 1 is 1.39 bits per heavy atom. The predicted octanol–water partition coefficient (Wildman–Crippen LogP) is 3.80. The van der Waals surface area contributed by atoms with Crippen LogP contribution in [0.1, 0.15) is 35.8 Å². The van der Waals surface area contributed by atoms with Gasteiger partial charge in [0.15, 0.2) is 0 Å². The lowest BCUT2D eigenvalue weighted by Crippen LogP contribution is -2.32. The van der Waals surface area contributed by atoms with Crippen molar-refractivity contribution in [2.75, 3.05) is 11.9 Å². The van der Waals surface area contributed by atoms with Crippen LogP contribution < -0.4 is 10.9 Å². The first-order valence-corrected chi connectivity index (χ1v) is 9.82. The maximum Gasteiger partial charge on any atom is 0.339 e. The predicted molar refractivity (Wildman–Crippen MR) is 109 cm³/mol. The highest BCUT2D eigenvalue weighted by Crippen LogP contribution is 2.25. The van der Waals surface area contributed by atoms with Crippen molar-refractivity contribution >= 4 is 50.7 Å². The van der Waals surface area contributed by atoms with E-state index in [4.69, 9.17) is 16.3 Å². The first kappa shape index (κ1) is 20.0. The summed E-state index contributed by atoms with van der Waals surface area (Å²) in [6.07, 6.45) is 1.31. The number of nitrogens with one attached hydrogen (secondary N) is 1. The summed E-state index contributed by atoms with van der Waals surface area (Å²) in [5.74, 6) is -0.987. The van der Waals surface area contributed by atoms with Crippen molar-refractivity contribution in [3.05, 3.63) is 56.4 Å². The number of hydrogen-bond donors (Lipinski definition) is 1. The molecular formula is C19H18ClN3O4S. The van der Waals surface area contributed by atoms with Gasteiger partial charge in [0.2, 0.25) is 5.91 Å². The molecule has 1 unspecified atom stereocenters. The molecule has 0 spiro atoms. The normalized spacial score (nSPS) is 12.0. The van der Waals surface area contributed by atoms with Crippen LogP contribution in [0.2, 0.25) is 5.02 Å². The second-order valence-corrected chi connectivity index (χ2v) is 7.35. The molecule has 9 heteroatoms. The lowest BCUT2D eigenvalue weighted by atomic mass is 10.2. The molecule has 1 N–H and O–H groups in total. The van der Waals surface area contributed by atoms with Crippen LogP contribution in [0, 0.1) is 6.92 Å². The summed E-state index contributed by atoms with van der Waals surface area (Å²) in [6, 6.07) is 4.34. The van der Waals surface area contributed by atoms with Gasteiger partial charge in [-0.15, -0.1) is 11.3 Å². The lowest BCUT2D eigenvalue weighted by molar-refractivity contribution is -0.118. The number of anilines is 1. The van der Waals surface area contributed by atoms with Crippen molar-refractivity contribution in [3.63, 3.8) is 0 Å². The third-order valence-electron chi connectivity index (χ3n) is 4.34. The lowest BCUT2D eigenvalue weighted by Gasteiger charge is -2.16. The van der Waals surface area contributed by atoms with Gasteiger partial charge in [-0.25, -0.2) is 9.78 Å². The van der Waals surface area contributed by atoms with E-state index in [-0.39, 0.29) is 17.6 Å². The minimum Gasteiger partial charge on any atom is -0.462 e. The summed E-state index contributed by atoms with van der Waals surface area (Å²) < 4.78 is 6.20. The monoisotopic (exact) mass is 419 g/mol. The number of thiophene rings is 1. The zero-order chi connectivity index (χ0) is 20.4. The Balaban J connectivity index is 1.96. The Hall–Kier alpha value is -2.71. The molecule has 146 valence electrons. The number of benzene rings is 1. The van der Waals surface area contributed by atoms with Crippen LogP contribution in [0.15, 0.2) is 34.7 Å². The van der Waals surface area contributed by atoms with E-state index in [1.165, 1.54) is 22.2 Å². The van der Waals surface area contributed by atoms with Crippen molar-refractivity contribution in [3.8, 4) is 0 Å². The third-order valence-corrected chi connectivity index (χ3v) is 5.63. The fourth-order valence-electron chi connectivity index (χ4n) is 2.69. The molecular weight excluding hydrogens is 402 g/mol. The van der Waals surface area contributed by atoms with Gasteiger partial charge in [0.05, 0.1) is 23.9 Å². The van der Waals surface area contributed by atoms with Crippen LogP contribution in [-0.4, -0.2) is 28.0 Å². The third kappa shape index (κ3) is 3.65. The minimum absolute atomic E-state index is 0.157. The van der Waals surface area contributed by atoms with E-state index in [0.29, 0.717) is 15.5 Å². The second kappa shape index (κ2) is 8.12. The quantitative estimate of drug-likeness (QED) is 0.635. The molecule has 1 atom stereocenters. The van der Waals surface area contributed by atoms with Crippen LogP contribution >= 0.6 is 22.9 Å². The summed E-state index contributed by atoms with van der Waals surface area (Å²) >= 11 is 7.26. The highest BCUT2D eigenvalue weighted by molar-refractivity contribution is 7.17. The van der Waals surface area contributed by atoms with E-state index < -0.39 is 23.5 Å². The highest BCUT2D eigenvalue weighted by Gasteiger charge is 2.23. The van der Waals surface area contributed by atoms with Crippen LogP contribution in [0.3, 0.4) is 0 Å². The second-order valence-electron chi connectivity index (χ2n) is 6.08. The van der Waals surface area contributed by atoms with Crippen molar-refractivity contribution in [1.82, 2.24) is 9.55 Å². The van der Waals surface area contributed by atoms with Crippen molar-refractivity contribution < 1.29 is 14.3 Å². The maximum atomic E-state index is 13.0. The Bertz CT molecular complexity index is 1120. The first-order valence-electron chi connectivity index (χ1n) is 8.56. The fraction of sp³-hybridized carbons (Fsp3) is 0.263.